The number of rotatable bonds is 0. The summed E-state index contributed by atoms with van der Waals surface area (Å²) in [4.78, 5) is 4.51. The van der Waals surface area contributed by atoms with E-state index in [1.807, 2.05) is 0 Å². The maximum absolute atomic E-state index is 2.27. The summed E-state index contributed by atoms with van der Waals surface area (Å²) in [6, 6.07) is 0. The van der Waals surface area contributed by atoms with Crippen molar-refractivity contribution in [3.8, 4) is 0 Å². The first-order valence-electron chi connectivity index (χ1n) is 3.26. The van der Waals surface area contributed by atoms with Gasteiger partial charge >= 0.3 is 0 Å². The van der Waals surface area contributed by atoms with Gasteiger partial charge in [0.1, 0.15) is 0 Å². The summed E-state index contributed by atoms with van der Waals surface area (Å²) in [5.41, 5.74) is 1.38. The van der Waals surface area contributed by atoms with Crippen LogP contribution in [0, 0.1) is 0 Å². The second kappa shape index (κ2) is 2.40. The zero-order chi connectivity index (χ0) is 6.85. The quantitative estimate of drug-likeness (QED) is 0.472. The van der Waals surface area contributed by atoms with Crippen molar-refractivity contribution >= 4 is 0 Å². The lowest BCUT2D eigenvalue weighted by atomic mass is 10.3. The molecule has 1 rings (SSSR count). The zero-order valence-corrected chi connectivity index (χ0v) is 6.39. The van der Waals surface area contributed by atoms with Gasteiger partial charge in [-0.15, -0.1) is 0 Å². The first-order valence-corrected chi connectivity index (χ1v) is 3.26. The van der Waals surface area contributed by atoms with Crippen molar-refractivity contribution in [2.45, 2.75) is 6.92 Å². The molecule has 52 valence electrons. The van der Waals surface area contributed by atoms with Crippen LogP contribution in [0.4, 0.5) is 0 Å². The Kier molecular flexibility index (Phi) is 1.76. The van der Waals surface area contributed by atoms with Crippen molar-refractivity contribution in [2.24, 2.45) is 0 Å². The summed E-state index contributed by atoms with van der Waals surface area (Å²) in [7, 11) is 4.24. The highest BCUT2D eigenvalue weighted by atomic mass is 15.3. The summed E-state index contributed by atoms with van der Waals surface area (Å²) < 4.78 is 0. The summed E-state index contributed by atoms with van der Waals surface area (Å²) in [5.74, 6) is 0. The predicted octanol–water partition coefficient (Wildman–Crippen LogP) is 0.725. The minimum Gasteiger partial charge on any atom is -0.365 e. The highest BCUT2D eigenvalue weighted by Crippen LogP contribution is 2.05. The fraction of sp³-hybridized carbons (Fsp3) is 0.714. The molecule has 0 atom stereocenters. The maximum atomic E-state index is 2.27. The van der Waals surface area contributed by atoms with E-state index in [2.05, 4.69) is 36.9 Å². The Labute approximate surface area is 56.8 Å². The number of likely N-dealkylation sites (N-methyl/N-ethyl adjacent to an activating group) is 1. The second-order valence-electron chi connectivity index (χ2n) is 2.72. The highest BCUT2D eigenvalue weighted by molar-refractivity contribution is 5.00. The van der Waals surface area contributed by atoms with Crippen LogP contribution in [0.1, 0.15) is 6.92 Å². The van der Waals surface area contributed by atoms with Gasteiger partial charge < -0.3 is 4.90 Å². The SMILES string of the molecule is CC1=CCN(C)CN1C. The van der Waals surface area contributed by atoms with Crippen molar-refractivity contribution in [3.05, 3.63) is 11.8 Å². The monoisotopic (exact) mass is 126 g/mol. The van der Waals surface area contributed by atoms with Gasteiger partial charge in [-0.3, -0.25) is 4.90 Å². The van der Waals surface area contributed by atoms with Gasteiger partial charge in [-0.05, 0) is 14.0 Å². The van der Waals surface area contributed by atoms with E-state index >= 15 is 0 Å². The van der Waals surface area contributed by atoms with Crippen LogP contribution in [0.15, 0.2) is 11.8 Å². The summed E-state index contributed by atoms with van der Waals surface area (Å²) in [6.07, 6.45) is 2.24. The Bertz CT molecular complexity index is 129. The maximum Gasteiger partial charge on any atom is 0.0700 e. The molecule has 0 aromatic rings. The molecule has 2 heteroatoms. The molecule has 0 radical (unpaired) electrons. The van der Waals surface area contributed by atoms with Crippen LogP contribution in [-0.2, 0) is 0 Å². The van der Waals surface area contributed by atoms with E-state index < -0.39 is 0 Å². The van der Waals surface area contributed by atoms with E-state index in [-0.39, 0.29) is 0 Å². The average Bonchev–Trinajstić information content (AvgIpc) is 1.80. The predicted molar refractivity (Wildman–Crippen MR) is 39.0 cm³/mol. The molecule has 9 heavy (non-hydrogen) atoms. The van der Waals surface area contributed by atoms with Gasteiger partial charge in [-0.25, -0.2) is 0 Å². The van der Waals surface area contributed by atoms with Crippen LogP contribution < -0.4 is 0 Å². The molecule has 0 saturated carbocycles. The molecule has 0 aromatic heterocycles. The fourth-order valence-corrected chi connectivity index (χ4v) is 0.975. The van der Waals surface area contributed by atoms with Crippen molar-refractivity contribution < 1.29 is 0 Å². The van der Waals surface area contributed by atoms with Gasteiger partial charge in [0, 0.05) is 19.3 Å². The van der Waals surface area contributed by atoms with Gasteiger partial charge in [0.25, 0.3) is 0 Å². The summed E-state index contributed by atoms with van der Waals surface area (Å²) in [6.45, 7) is 4.30. The number of hydrogen-bond acceptors (Lipinski definition) is 2. The van der Waals surface area contributed by atoms with E-state index in [4.69, 9.17) is 0 Å². The van der Waals surface area contributed by atoms with Crippen molar-refractivity contribution in [1.82, 2.24) is 9.80 Å². The standard InChI is InChI=1S/C7H14N2/c1-7-4-5-8(2)6-9(7)3/h4H,5-6H2,1-3H3. The van der Waals surface area contributed by atoms with Crippen LogP contribution >= 0.6 is 0 Å². The molecule has 0 spiro atoms. The average molecular weight is 126 g/mol. The molecular weight excluding hydrogens is 112 g/mol. The van der Waals surface area contributed by atoms with E-state index in [1.54, 1.807) is 0 Å². The Morgan fingerprint density at radius 2 is 2.11 bits per heavy atom. The van der Waals surface area contributed by atoms with Gasteiger partial charge in [0.15, 0.2) is 0 Å². The highest BCUT2D eigenvalue weighted by Gasteiger charge is 2.07. The third-order valence-corrected chi connectivity index (χ3v) is 1.75. The molecule has 1 heterocycles. The molecule has 0 unspecified atom stereocenters. The number of hydrogen-bond donors (Lipinski definition) is 0. The number of allylic oxidation sites excluding steroid dienone is 1. The first kappa shape index (κ1) is 6.62. The minimum absolute atomic E-state index is 1.06. The van der Waals surface area contributed by atoms with Crippen molar-refractivity contribution in [2.75, 3.05) is 27.3 Å². The molecule has 2 nitrogen and oxygen atoms in total. The fourth-order valence-electron chi connectivity index (χ4n) is 0.975. The van der Waals surface area contributed by atoms with Crippen LogP contribution in [0.25, 0.3) is 0 Å². The number of nitrogens with zero attached hydrogens (tertiary/aromatic N) is 2. The van der Waals surface area contributed by atoms with E-state index in [1.165, 1.54) is 5.70 Å². The topological polar surface area (TPSA) is 6.48 Å². The van der Waals surface area contributed by atoms with Crippen LogP contribution in [0.5, 0.6) is 0 Å². The zero-order valence-electron chi connectivity index (χ0n) is 6.39. The smallest absolute Gasteiger partial charge is 0.0700 e. The largest absolute Gasteiger partial charge is 0.365 e. The molecule has 0 aliphatic carbocycles. The molecular formula is C7H14N2. The molecule has 0 N–H and O–H groups in total. The molecule has 0 saturated heterocycles. The van der Waals surface area contributed by atoms with E-state index in [9.17, 15) is 0 Å². The molecule has 0 amide bonds. The van der Waals surface area contributed by atoms with Crippen LogP contribution in [0.3, 0.4) is 0 Å². The normalized spacial score (nSPS) is 22.1. The first-order chi connectivity index (χ1) is 4.20. The van der Waals surface area contributed by atoms with E-state index in [0.717, 1.165) is 13.2 Å². The lowest BCUT2D eigenvalue weighted by Gasteiger charge is -2.30. The van der Waals surface area contributed by atoms with Gasteiger partial charge in [0.2, 0.25) is 0 Å². The summed E-state index contributed by atoms with van der Waals surface area (Å²) >= 11 is 0. The second-order valence-corrected chi connectivity index (χ2v) is 2.72. The van der Waals surface area contributed by atoms with Gasteiger partial charge in [-0.2, -0.15) is 0 Å². The van der Waals surface area contributed by atoms with Gasteiger partial charge in [-0.1, -0.05) is 6.08 Å². The minimum atomic E-state index is 1.06. The Hall–Kier alpha value is -0.500. The third kappa shape index (κ3) is 1.45. The molecule has 1 aliphatic rings. The Balaban J connectivity index is 2.56. The van der Waals surface area contributed by atoms with Crippen molar-refractivity contribution in [1.29, 1.82) is 0 Å². The van der Waals surface area contributed by atoms with Gasteiger partial charge in [0.05, 0.1) is 6.67 Å². The molecule has 0 bridgehead atoms. The lowest BCUT2D eigenvalue weighted by Crippen LogP contribution is -2.36. The van der Waals surface area contributed by atoms with Crippen molar-refractivity contribution in [3.63, 3.8) is 0 Å². The van der Waals surface area contributed by atoms with Crippen LogP contribution in [-0.4, -0.2) is 37.1 Å². The lowest BCUT2D eigenvalue weighted by molar-refractivity contribution is 0.212. The Morgan fingerprint density at radius 1 is 1.44 bits per heavy atom. The molecule has 0 fully saturated rings. The van der Waals surface area contributed by atoms with Crippen LogP contribution in [0.2, 0.25) is 0 Å². The molecule has 1 aliphatic heterocycles. The third-order valence-electron chi connectivity index (χ3n) is 1.75. The molecule has 0 aromatic carbocycles. The van der Waals surface area contributed by atoms with E-state index in [0.29, 0.717) is 0 Å². The Morgan fingerprint density at radius 3 is 2.56 bits per heavy atom. The summed E-state index contributed by atoms with van der Waals surface area (Å²) in [5, 5.41) is 0.